The van der Waals surface area contributed by atoms with E-state index in [2.05, 4.69) is 101 Å². The van der Waals surface area contributed by atoms with Gasteiger partial charge in [-0.1, -0.05) is 58.9 Å². The Morgan fingerprint density at radius 3 is 1.34 bits per heavy atom. The summed E-state index contributed by atoms with van der Waals surface area (Å²) >= 11 is 0. The zero-order valence-corrected chi connectivity index (χ0v) is 24.4. The highest BCUT2D eigenvalue weighted by molar-refractivity contribution is 6.74. The Labute approximate surface area is 183 Å². The lowest BCUT2D eigenvalue weighted by Gasteiger charge is -2.35. The maximum atomic E-state index is 5.13. The summed E-state index contributed by atoms with van der Waals surface area (Å²) in [4.78, 5) is 0. The number of nitrogens with zero attached hydrogens (tertiary/aromatic N) is 6. The summed E-state index contributed by atoms with van der Waals surface area (Å²) in [5.41, 5.74) is 3.59. The molecule has 0 heterocycles. The van der Waals surface area contributed by atoms with Gasteiger partial charge in [0.15, 0.2) is 24.7 Å². The van der Waals surface area contributed by atoms with Crippen LogP contribution in [0.15, 0.2) is 15.3 Å². The van der Waals surface area contributed by atoms with E-state index in [9.17, 15) is 0 Å². The van der Waals surface area contributed by atoms with Crippen LogP contribution in [0.1, 0.15) is 26.2 Å². The van der Waals surface area contributed by atoms with Crippen molar-refractivity contribution in [3.8, 4) is 0 Å². The van der Waals surface area contributed by atoms with E-state index in [-0.39, 0.29) is 5.92 Å². The van der Waals surface area contributed by atoms with Crippen LogP contribution in [0.2, 0.25) is 58.9 Å². The average molecular weight is 455 g/mol. The molecule has 0 spiro atoms. The minimum atomic E-state index is -1.50. The zero-order valence-electron chi connectivity index (χ0n) is 21.4. The first-order valence-corrected chi connectivity index (χ1v) is 21.2. The summed E-state index contributed by atoms with van der Waals surface area (Å²) in [7, 11) is 1.90. The largest absolute Gasteiger partial charge is 0.328 e. The second-order valence-electron chi connectivity index (χ2n) is 11.3. The summed E-state index contributed by atoms with van der Waals surface area (Å²) in [6.07, 6.45) is 3.17. The van der Waals surface area contributed by atoms with Gasteiger partial charge in [-0.05, 0) is 26.2 Å². The van der Waals surface area contributed by atoms with E-state index in [4.69, 9.17) is 15.3 Å². The minimum Gasteiger partial charge on any atom is -0.328 e. The van der Waals surface area contributed by atoms with Crippen LogP contribution in [0, 0.1) is 5.92 Å². The van der Waals surface area contributed by atoms with E-state index in [1.54, 1.807) is 0 Å². The van der Waals surface area contributed by atoms with Gasteiger partial charge in [0.25, 0.3) is 0 Å². The van der Waals surface area contributed by atoms with Gasteiger partial charge in [-0.3, -0.25) is 0 Å². The van der Waals surface area contributed by atoms with Crippen molar-refractivity contribution in [2.75, 3.05) is 21.1 Å². The lowest BCUT2D eigenvalue weighted by Crippen LogP contribution is -2.45. The Kier molecular flexibility index (Phi) is 8.52. The van der Waals surface area contributed by atoms with Crippen molar-refractivity contribution < 1.29 is 0 Å². The van der Waals surface area contributed by atoms with Gasteiger partial charge in [0.05, 0.1) is 17.3 Å². The van der Waals surface area contributed by atoms with Crippen molar-refractivity contribution in [3.05, 3.63) is 0 Å². The van der Waals surface area contributed by atoms with Crippen LogP contribution in [-0.4, -0.2) is 77.0 Å². The van der Waals surface area contributed by atoms with Crippen molar-refractivity contribution in [1.82, 2.24) is 14.0 Å². The van der Waals surface area contributed by atoms with Gasteiger partial charge in [0, 0.05) is 26.9 Å². The highest BCUT2D eigenvalue weighted by Crippen LogP contribution is 2.25. The Hall–Kier alpha value is -0.939. The van der Waals surface area contributed by atoms with Gasteiger partial charge in [0.1, 0.15) is 0 Å². The van der Waals surface area contributed by atoms with Crippen LogP contribution in [0.3, 0.4) is 0 Å². The molecular formula is C20H46N6Si3. The van der Waals surface area contributed by atoms with Crippen molar-refractivity contribution in [2.24, 2.45) is 21.2 Å². The highest BCUT2D eigenvalue weighted by Gasteiger charge is 2.33. The zero-order chi connectivity index (χ0) is 22.8. The number of rotatable bonds is 7. The van der Waals surface area contributed by atoms with Crippen molar-refractivity contribution in [3.63, 3.8) is 0 Å². The number of hydrazone groups is 3. The summed E-state index contributed by atoms with van der Waals surface area (Å²) in [6, 6.07) is 0. The van der Waals surface area contributed by atoms with E-state index < -0.39 is 24.7 Å². The van der Waals surface area contributed by atoms with Crippen LogP contribution in [0.25, 0.3) is 0 Å². The average Bonchev–Trinajstić information content (AvgIpc) is 2.52. The molecule has 1 saturated carbocycles. The van der Waals surface area contributed by atoms with Crippen molar-refractivity contribution >= 4 is 41.8 Å². The Morgan fingerprint density at radius 1 is 0.690 bits per heavy atom. The Bertz CT molecular complexity index is 615. The van der Waals surface area contributed by atoms with E-state index in [1.807, 2.05) is 0 Å². The molecule has 0 radical (unpaired) electrons. The fraction of sp³-hybridized carbons (Fsp3) is 0.850. The minimum absolute atomic E-state index is 0.111. The second-order valence-corrected chi connectivity index (χ2v) is 26.3. The molecule has 29 heavy (non-hydrogen) atoms. The lowest BCUT2D eigenvalue weighted by atomic mass is 9.82. The van der Waals surface area contributed by atoms with Crippen molar-refractivity contribution in [2.45, 2.75) is 85.1 Å². The Morgan fingerprint density at radius 2 is 1.03 bits per heavy atom. The summed E-state index contributed by atoms with van der Waals surface area (Å²) in [5, 5.41) is 15.3. The third-order valence-electron chi connectivity index (χ3n) is 5.73. The SMILES string of the molecule is CC(=NN(C)[Si](C)(C)C)C1C(=NN(C)[Si](C)(C)C)CCCC1=NN(C)[Si](C)(C)C. The summed E-state index contributed by atoms with van der Waals surface area (Å²) in [6.45, 7) is 23.2. The van der Waals surface area contributed by atoms with E-state index in [0.29, 0.717) is 0 Å². The summed E-state index contributed by atoms with van der Waals surface area (Å²) < 4.78 is 6.67. The van der Waals surface area contributed by atoms with Crippen molar-refractivity contribution in [1.29, 1.82) is 0 Å². The molecular weight excluding hydrogens is 409 g/mol. The Balaban J connectivity index is 3.47. The first kappa shape index (κ1) is 26.1. The molecule has 168 valence electrons. The molecule has 0 aromatic rings. The predicted molar refractivity (Wildman–Crippen MR) is 139 cm³/mol. The number of hydrogen-bond donors (Lipinski definition) is 0. The van der Waals surface area contributed by atoms with Gasteiger partial charge in [-0.25, -0.2) is 0 Å². The van der Waals surface area contributed by atoms with E-state index in [0.717, 1.165) is 25.0 Å². The highest BCUT2D eigenvalue weighted by atomic mass is 28.3. The predicted octanol–water partition coefficient (Wildman–Crippen LogP) is 5.17. The lowest BCUT2D eigenvalue weighted by molar-refractivity contribution is 0.526. The molecule has 1 aliphatic carbocycles. The van der Waals surface area contributed by atoms with Crippen LogP contribution in [0.4, 0.5) is 0 Å². The van der Waals surface area contributed by atoms with E-state index in [1.165, 1.54) is 11.4 Å². The first-order valence-electron chi connectivity index (χ1n) is 10.9. The van der Waals surface area contributed by atoms with Crippen LogP contribution >= 0.6 is 0 Å². The fourth-order valence-electron chi connectivity index (χ4n) is 2.76. The monoisotopic (exact) mass is 454 g/mol. The first-order chi connectivity index (χ1) is 12.9. The molecule has 1 fully saturated rings. The molecule has 0 bridgehead atoms. The molecule has 0 aromatic carbocycles. The topological polar surface area (TPSA) is 46.8 Å². The fourth-order valence-corrected chi connectivity index (χ4v) is 4.07. The quantitative estimate of drug-likeness (QED) is 0.303. The number of hydrogen-bond acceptors (Lipinski definition) is 6. The normalized spacial score (nSPS) is 22.2. The van der Waals surface area contributed by atoms with Gasteiger partial charge in [0.2, 0.25) is 0 Å². The van der Waals surface area contributed by atoms with Gasteiger partial charge >= 0.3 is 0 Å². The third-order valence-corrected chi connectivity index (χ3v) is 11.9. The van der Waals surface area contributed by atoms with Crippen LogP contribution in [0.5, 0.6) is 0 Å². The van der Waals surface area contributed by atoms with E-state index >= 15 is 0 Å². The third kappa shape index (κ3) is 7.67. The van der Waals surface area contributed by atoms with Gasteiger partial charge < -0.3 is 14.0 Å². The molecule has 0 aromatic heterocycles. The molecule has 0 aliphatic heterocycles. The second kappa shape index (κ2) is 9.47. The molecule has 0 atom stereocenters. The molecule has 9 heteroatoms. The summed E-state index contributed by atoms with van der Waals surface area (Å²) in [5.74, 6) is 0.111. The standard InChI is InChI=1S/C20H46N6Si3/c1-17(21-24(2)27(5,6)7)20-18(22-25(3)28(8,9)10)15-14-16-19(20)23-26(4)29(11,12)13/h20H,14-16H2,1-13H3. The van der Waals surface area contributed by atoms with Gasteiger partial charge in [-0.15, -0.1) is 0 Å². The maximum absolute atomic E-state index is 5.13. The maximum Gasteiger partial charge on any atom is 0.168 e. The molecule has 1 aliphatic rings. The molecule has 6 nitrogen and oxygen atoms in total. The van der Waals surface area contributed by atoms with Crippen LogP contribution in [-0.2, 0) is 0 Å². The molecule has 1 rings (SSSR count). The molecule has 0 unspecified atom stereocenters. The smallest absolute Gasteiger partial charge is 0.168 e. The molecule has 0 amide bonds. The molecule has 0 saturated heterocycles. The van der Waals surface area contributed by atoms with Crippen LogP contribution < -0.4 is 0 Å². The van der Waals surface area contributed by atoms with Gasteiger partial charge in [-0.2, -0.15) is 15.3 Å². The molecule has 0 N–H and O–H groups in total.